The largest absolute Gasteiger partial charge is 0.436 e. The third-order valence-corrected chi connectivity index (χ3v) is 9.82. The number of nitrogens with zero attached hydrogens (tertiary/aromatic N) is 3. The van der Waals surface area contributed by atoms with E-state index in [1.54, 1.807) is 0 Å². The Balaban J connectivity index is 1.21. The van der Waals surface area contributed by atoms with E-state index in [1.807, 2.05) is 36.4 Å². The van der Waals surface area contributed by atoms with Gasteiger partial charge in [0, 0.05) is 38.7 Å². The van der Waals surface area contributed by atoms with Crippen LogP contribution in [0.5, 0.6) is 0 Å². The zero-order chi connectivity index (χ0) is 33.7. The number of hydrogen-bond acceptors (Lipinski definition) is 3. The van der Waals surface area contributed by atoms with Crippen LogP contribution in [0, 0.1) is 0 Å². The van der Waals surface area contributed by atoms with E-state index in [0.29, 0.717) is 5.89 Å². The lowest BCUT2D eigenvalue weighted by Gasteiger charge is -2.29. The fourth-order valence-corrected chi connectivity index (χ4v) is 7.52. The maximum atomic E-state index is 6.40. The molecule has 0 bridgehead atoms. The molecule has 0 spiro atoms. The van der Waals surface area contributed by atoms with E-state index in [1.165, 1.54) is 21.8 Å². The molecule has 2 heterocycles. The summed E-state index contributed by atoms with van der Waals surface area (Å²) in [7, 11) is 0. The van der Waals surface area contributed by atoms with Crippen molar-refractivity contribution in [3.8, 4) is 28.3 Å². The number of benzene rings is 8. The Morgan fingerprint density at radius 3 is 1.80 bits per heavy atom. The van der Waals surface area contributed by atoms with E-state index < -0.39 is 0 Å². The van der Waals surface area contributed by atoms with Crippen LogP contribution < -0.4 is 4.90 Å². The Bertz CT molecular complexity index is 2800. The summed E-state index contributed by atoms with van der Waals surface area (Å²) in [5.74, 6) is 0.611. The molecule has 0 aliphatic heterocycles. The van der Waals surface area contributed by atoms with Crippen molar-refractivity contribution >= 4 is 60.7 Å². The molecular formula is C47H31N3O. The van der Waals surface area contributed by atoms with Crippen molar-refractivity contribution in [1.29, 1.82) is 0 Å². The first kappa shape index (κ1) is 29.0. The highest BCUT2D eigenvalue weighted by atomic mass is 16.3. The van der Waals surface area contributed by atoms with E-state index in [4.69, 9.17) is 9.40 Å². The van der Waals surface area contributed by atoms with Gasteiger partial charge in [-0.05, 0) is 77.7 Å². The minimum Gasteiger partial charge on any atom is -0.436 e. The van der Waals surface area contributed by atoms with Crippen molar-refractivity contribution in [2.45, 2.75) is 0 Å². The highest BCUT2D eigenvalue weighted by Crippen LogP contribution is 2.45. The second-order valence-corrected chi connectivity index (χ2v) is 12.8. The molecule has 10 aromatic rings. The SMILES string of the molecule is c1ccc(-c2nc3c(ccc4cccc(N(c5ccc(-n6c7ccccc7c7ccccc76)cc5)c5ccccc5-c5ccccc5)c43)o2)cc1. The second kappa shape index (κ2) is 11.9. The molecule has 0 saturated carbocycles. The first-order chi connectivity index (χ1) is 25.3. The van der Waals surface area contributed by atoms with Crippen LogP contribution in [0.1, 0.15) is 0 Å². The quantitative estimate of drug-likeness (QED) is 0.179. The van der Waals surface area contributed by atoms with Crippen molar-refractivity contribution in [3.05, 3.63) is 188 Å². The zero-order valence-electron chi connectivity index (χ0n) is 27.6. The van der Waals surface area contributed by atoms with Crippen LogP contribution in [0.3, 0.4) is 0 Å². The van der Waals surface area contributed by atoms with Gasteiger partial charge in [0.2, 0.25) is 5.89 Å². The topological polar surface area (TPSA) is 34.2 Å². The molecule has 0 fully saturated rings. The average Bonchev–Trinajstić information content (AvgIpc) is 3.79. The van der Waals surface area contributed by atoms with Gasteiger partial charge in [-0.1, -0.05) is 121 Å². The molecule has 4 heteroatoms. The molecule has 0 amide bonds. The fraction of sp³-hybridized carbons (Fsp3) is 0. The number of aromatic nitrogens is 2. The van der Waals surface area contributed by atoms with E-state index in [-0.39, 0.29) is 0 Å². The van der Waals surface area contributed by atoms with Gasteiger partial charge in [0.1, 0.15) is 5.52 Å². The van der Waals surface area contributed by atoms with Gasteiger partial charge in [-0.3, -0.25) is 0 Å². The predicted octanol–water partition coefficient (Wildman–Crippen LogP) is 12.9. The van der Waals surface area contributed by atoms with Crippen molar-refractivity contribution in [1.82, 2.24) is 9.55 Å². The van der Waals surface area contributed by atoms with Crippen LogP contribution >= 0.6 is 0 Å². The molecule has 0 N–H and O–H groups in total. The monoisotopic (exact) mass is 653 g/mol. The summed E-state index contributed by atoms with van der Waals surface area (Å²) in [6, 6.07) is 66.2. The molecule has 4 nitrogen and oxygen atoms in total. The first-order valence-electron chi connectivity index (χ1n) is 17.2. The first-order valence-corrected chi connectivity index (χ1v) is 17.2. The van der Waals surface area contributed by atoms with Gasteiger partial charge in [0.25, 0.3) is 0 Å². The van der Waals surface area contributed by atoms with Crippen LogP contribution in [0.4, 0.5) is 17.1 Å². The van der Waals surface area contributed by atoms with Gasteiger partial charge >= 0.3 is 0 Å². The number of hydrogen-bond donors (Lipinski definition) is 0. The van der Waals surface area contributed by atoms with Gasteiger partial charge in [-0.25, -0.2) is 4.98 Å². The maximum absolute atomic E-state index is 6.40. The Hall–Kier alpha value is -6.91. The van der Waals surface area contributed by atoms with Gasteiger partial charge in [-0.15, -0.1) is 0 Å². The van der Waals surface area contributed by atoms with Crippen LogP contribution in [0.2, 0.25) is 0 Å². The molecule has 0 saturated heterocycles. The molecule has 0 atom stereocenters. The summed E-state index contributed by atoms with van der Waals surface area (Å²) in [4.78, 5) is 7.50. The lowest BCUT2D eigenvalue weighted by Crippen LogP contribution is -2.12. The van der Waals surface area contributed by atoms with Crippen molar-refractivity contribution in [3.63, 3.8) is 0 Å². The van der Waals surface area contributed by atoms with Crippen molar-refractivity contribution in [2.24, 2.45) is 0 Å². The van der Waals surface area contributed by atoms with Crippen LogP contribution in [-0.2, 0) is 0 Å². The van der Waals surface area contributed by atoms with Gasteiger partial charge in [-0.2, -0.15) is 0 Å². The molecule has 51 heavy (non-hydrogen) atoms. The number of rotatable bonds is 6. The highest BCUT2D eigenvalue weighted by Gasteiger charge is 2.22. The summed E-state index contributed by atoms with van der Waals surface area (Å²) < 4.78 is 8.76. The summed E-state index contributed by atoms with van der Waals surface area (Å²) in [6.45, 7) is 0. The molecule has 0 aliphatic carbocycles. The highest BCUT2D eigenvalue weighted by molar-refractivity contribution is 6.13. The summed E-state index contributed by atoms with van der Waals surface area (Å²) in [5.41, 5.74) is 11.5. The number of oxazole rings is 1. The predicted molar refractivity (Wildman–Crippen MR) is 211 cm³/mol. The van der Waals surface area contributed by atoms with Crippen molar-refractivity contribution < 1.29 is 4.42 Å². The minimum absolute atomic E-state index is 0.611. The molecule has 8 aromatic carbocycles. The fourth-order valence-electron chi connectivity index (χ4n) is 7.52. The molecule has 240 valence electrons. The Morgan fingerprint density at radius 1 is 0.471 bits per heavy atom. The average molecular weight is 654 g/mol. The normalized spacial score (nSPS) is 11.5. The van der Waals surface area contributed by atoms with Gasteiger partial charge in [0.15, 0.2) is 5.58 Å². The molecule has 0 radical (unpaired) electrons. The molecule has 0 unspecified atom stereocenters. The molecule has 10 rings (SSSR count). The third-order valence-electron chi connectivity index (χ3n) is 9.82. The molecule has 2 aromatic heterocycles. The van der Waals surface area contributed by atoms with E-state index in [9.17, 15) is 0 Å². The molecular weight excluding hydrogens is 623 g/mol. The van der Waals surface area contributed by atoms with E-state index in [2.05, 4.69) is 161 Å². The van der Waals surface area contributed by atoms with Gasteiger partial charge < -0.3 is 13.9 Å². The Kier molecular flexibility index (Phi) is 6.78. The van der Waals surface area contributed by atoms with Crippen LogP contribution in [0.25, 0.3) is 71.9 Å². The van der Waals surface area contributed by atoms with Gasteiger partial charge in [0.05, 0.1) is 22.4 Å². The third kappa shape index (κ3) is 4.80. The van der Waals surface area contributed by atoms with Crippen molar-refractivity contribution in [2.75, 3.05) is 4.90 Å². The minimum atomic E-state index is 0.611. The second-order valence-electron chi connectivity index (χ2n) is 12.8. The summed E-state index contributed by atoms with van der Waals surface area (Å²) in [6.07, 6.45) is 0. The summed E-state index contributed by atoms with van der Waals surface area (Å²) >= 11 is 0. The smallest absolute Gasteiger partial charge is 0.227 e. The Morgan fingerprint density at radius 2 is 1.08 bits per heavy atom. The number of anilines is 3. The molecule has 0 aliphatic rings. The standard InChI is InChI=1S/C47H31N3O/c1-3-14-32(15-4-1)37-19-7-10-22-40(37)50(36-29-27-35(28-30-36)49-41-23-11-8-20-38(41)39-21-9-12-24-42(39)49)43-25-13-18-33-26-31-44-46(45(33)43)48-47(51-44)34-16-5-2-6-17-34/h1-31H. The van der Waals surface area contributed by atoms with E-state index in [0.717, 1.165) is 61.3 Å². The lowest BCUT2D eigenvalue weighted by molar-refractivity contribution is 0.620. The number of fused-ring (bicyclic) bond motifs is 6. The summed E-state index contributed by atoms with van der Waals surface area (Å²) in [5, 5.41) is 4.63. The number of para-hydroxylation sites is 3. The van der Waals surface area contributed by atoms with Crippen LogP contribution in [-0.4, -0.2) is 9.55 Å². The lowest BCUT2D eigenvalue weighted by atomic mass is 10.00. The van der Waals surface area contributed by atoms with Crippen LogP contribution in [0.15, 0.2) is 192 Å². The maximum Gasteiger partial charge on any atom is 0.227 e. The Labute approximate surface area is 295 Å². The zero-order valence-corrected chi connectivity index (χ0v) is 27.6. The van der Waals surface area contributed by atoms with E-state index >= 15 is 0 Å².